The number of para-hydroxylation sites is 2. The molecule has 0 aliphatic carbocycles. The average molecular weight is 268 g/mol. The van der Waals surface area contributed by atoms with Gasteiger partial charge in [-0.25, -0.2) is 4.98 Å². The second kappa shape index (κ2) is 5.07. The van der Waals surface area contributed by atoms with Crippen LogP contribution in [0.2, 0.25) is 0 Å². The summed E-state index contributed by atoms with van der Waals surface area (Å²) in [7, 11) is 1.84. The minimum atomic E-state index is -1.06. The number of aryl methyl sites for hydroxylation is 1. The van der Waals surface area contributed by atoms with E-state index in [9.17, 15) is 10.2 Å². The van der Waals surface area contributed by atoms with E-state index in [1.54, 1.807) is 12.1 Å². The molecule has 0 aliphatic heterocycles. The molecule has 0 aliphatic rings. The molecule has 3 aromatic rings. The van der Waals surface area contributed by atoms with Crippen molar-refractivity contribution in [1.29, 1.82) is 0 Å². The Bertz CT molecular complexity index is 722. The zero-order valence-corrected chi connectivity index (χ0v) is 11.1. The monoisotopic (exact) mass is 268 g/mol. The van der Waals surface area contributed by atoms with Crippen LogP contribution in [0.4, 0.5) is 0 Å². The minimum absolute atomic E-state index is 0.461. The Labute approximate surface area is 116 Å². The summed E-state index contributed by atoms with van der Waals surface area (Å²) in [5.41, 5.74) is 2.41. The smallest absolute Gasteiger partial charge is 0.142 e. The molecule has 102 valence electrons. The van der Waals surface area contributed by atoms with Crippen LogP contribution < -0.4 is 0 Å². The number of rotatable bonds is 3. The predicted octanol–water partition coefficient (Wildman–Crippen LogP) is 2.34. The fourth-order valence-electron chi connectivity index (χ4n) is 2.40. The Hall–Kier alpha value is -2.17. The Kier molecular flexibility index (Phi) is 3.26. The molecule has 0 radical (unpaired) electrons. The van der Waals surface area contributed by atoms with E-state index in [0.717, 1.165) is 11.0 Å². The summed E-state index contributed by atoms with van der Waals surface area (Å²) in [5, 5.41) is 20.7. The number of hydrogen-bond donors (Lipinski definition) is 2. The maximum absolute atomic E-state index is 10.4. The first-order valence-electron chi connectivity index (χ1n) is 6.51. The molecule has 0 saturated carbocycles. The number of imidazole rings is 1. The molecule has 4 nitrogen and oxygen atoms in total. The molecule has 0 fully saturated rings. The molecule has 1 heterocycles. The van der Waals surface area contributed by atoms with Crippen LogP contribution in [-0.2, 0) is 7.05 Å². The first-order valence-corrected chi connectivity index (χ1v) is 6.51. The van der Waals surface area contributed by atoms with E-state index in [0.29, 0.717) is 11.4 Å². The summed E-state index contributed by atoms with van der Waals surface area (Å²) in [4.78, 5) is 4.41. The van der Waals surface area contributed by atoms with Crippen LogP contribution in [0, 0.1) is 0 Å². The number of aliphatic hydroxyl groups is 2. The van der Waals surface area contributed by atoms with Crippen molar-refractivity contribution < 1.29 is 10.2 Å². The van der Waals surface area contributed by atoms with E-state index in [2.05, 4.69) is 4.98 Å². The van der Waals surface area contributed by atoms with Crippen LogP contribution in [0.25, 0.3) is 11.0 Å². The van der Waals surface area contributed by atoms with Crippen molar-refractivity contribution in [3.63, 3.8) is 0 Å². The van der Waals surface area contributed by atoms with Gasteiger partial charge in [-0.2, -0.15) is 0 Å². The maximum atomic E-state index is 10.4. The van der Waals surface area contributed by atoms with Crippen molar-refractivity contribution in [3.05, 3.63) is 66.0 Å². The molecule has 0 unspecified atom stereocenters. The third-order valence-electron chi connectivity index (χ3n) is 3.53. The minimum Gasteiger partial charge on any atom is -0.385 e. The van der Waals surface area contributed by atoms with Crippen molar-refractivity contribution in [2.24, 2.45) is 7.05 Å². The molecule has 20 heavy (non-hydrogen) atoms. The Morgan fingerprint density at radius 3 is 2.25 bits per heavy atom. The lowest BCUT2D eigenvalue weighted by molar-refractivity contribution is 0.0105. The Balaban J connectivity index is 2.00. The van der Waals surface area contributed by atoms with Crippen LogP contribution in [0.5, 0.6) is 0 Å². The lowest BCUT2D eigenvalue weighted by Gasteiger charge is -2.17. The van der Waals surface area contributed by atoms with Gasteiger partial charge in [-0.15, -0.1) is 0 Å². The summed E-state index contributed by atoms with van der Waals surface area (Å²) in [5.74, 6) is 0.461. The van der Waals surface area contributed by atoms with E-state index in [1.165, 1.54) is 0 Å². The Morgan fingerprint density at radius 1 is 0.900 bits per heavy atom. The van der Waals surface area contributed by atoms with Gasteiger partial charge in [-0.05, 0) is 17.7 Å². The largest absolute Gasteiger partial charge is 0.385 e. The fourth-order valence-corrected chi connectivity index (χ4v) is 2.40. The van der Waals surface area contributed by atoms with E-state index in [1.807, 2.05) is 54.1 Å². The molecule has 2 atom stereocenters. The van der Waals surface area contributed by atoms with Crippen molar-refractivity contribution >= 4 is 11.0 Å². The number of fused-ring (bicyclic) bond motifs is 1. The van der Waals surface area contributed by atoms with Crippen molar-refractivity contribution in [3.8, 4) is 0 Å². The topological polar surface area (TPSA) is 58.3 Å². The molecule has 0 saturated heterocycles. The van der Waals surface area contributed by atoms with Gasteiger partial charge in [0.1, 0.15) is 18.0 Å². The van der Waals surface area contributed by atoms with E-state index in [-0.39, 0.29) is 0 Å². The average Bonchev–Trinajstić information content (AvgIpc) is 2.84. The summed E-state index contributed by atoms with van der Waals surface area (Å²) in [6.45, 7) is 0. The second-order valence-corrected chi connectivity index (χ2v) is 4.82. The van der Waals surface area contributed by atoms with Crippen LogP contribution in [-0.4, -0.2) is 19.8 Å². The summed E-state index contributed by atoms with van der Waals surface area (Å²) < 4.78 is 1.81. The van der Waals surface area contributed by atoms with Gasteiger partial charge in [-0.1, -0.05) is 42.5 Å². The summed E-state index contributed by atoms with van der Waals surface area (Å²) >= 11 is 0. The predicted molar refractivity (Wildman–Crippen MR) is 77.1 cm³/mol. The Morgan fingerprint density at radius 2 is 1.55 bits per heavy atom. The third kappa shape index (κ3) is 2.09. The first kappa shape index (κ1) is 12.8. The molecule has 4 heteroatoms. The zero-order valence-electron chi connectivity index (χ0n) is 11.1. The SMILES string of the molecule is Cn1c([C@H](O)[C@@H](O)c2ccccc2)nc2ccccc21. The van der Waals surface area contributed by atoms with Crippen LogP contribution in [0.1, 0.15) is 23.6 Å². The fraction of sp³-hybridized carbons (Fsp3) is 0.188. The number of nitrogens with zero attached hydrogens (tertiary/aromatic N) is 2. The van der Waals surface area contributed by atoms with Gasteiger partial charge in [0, 0.05) is 7.05 Å². The highest BCUT2D eigenvalue weighted by Crippen LogP contribution is 2.29. The highest BCUT2D eigenvalue weighted by Gasteiger charge is 2.24. The zero-order chi connectivity index (χ0) is 14.1. The summed E-state index contributed by atoms with van der Waals surface area (Å²) in [6.07, 6.45) is -2.05. The molecule has 1 aromatic heterocycles. The molecule has 2 aromatic carbocycles. The highest BCUT2D eigenvalue weighted by atomic mass is 16.3. The normalized spacial score (nSPS) is 14.3. The van der Waals surface area contributed by atoms with Crippen molar-refractivity contribution in [2.45, 2.75) is 12.2 Å². The molecule has 0 amide bonds. The first-order chi connectivity index (χ1) is 9.68. The van der Waals surface area contributed by atoms with Gasteiger partial charge < -0.3 is 14.8 Å². The molecule has 0 spiro atoms. The molecular weight excluding hydrogens is 252 g/mol. The summed E-state index contributed by atoms with van der Waals surface area (Å²) in [6, 6.07) is 16.8. The van der Waals surface area contributed by atoms with Crippen molar-refractivity contribution in [2.75, 3.05) is 0 Å². The van der Waals surface area contributed by atoms with E-state index in [4.69, 9.17) is 0 Å². The van der Waals surface area contributed by atoms with E-state index >= 15 is 0 Å². The number of benzene rings is 2. The van der Waals surface area contributed by atoms with Gasteiger partial charge in [0.15, 0.2) is 0 Å². The van der Waals surface area contributed by atoms with Crippen molar-refractivity contribution in [1.82, 2.24) is 9.55 Å². The second-order valence-electron chi connectivity index (χ2n) is 4.82. The molecule has 2 N–H and O–H groups in total. The quantitative estimate of drug-likeness (QED) is 0.766. The standard InChI is InChI=1S/C16H16N2O2/c1-18-13-10-6-5-9-12(13)17-16(18)15(20)14(19)11-7-3-2-4-8-11/h2-10,14-15,19-20H,1H3/t14-,15+/m0/s1. The molecular formula is C16H16N2O2. The highest BCUT2D eigenvalue weighted by molar-refractivity contribution is 5.75. The van der Waals surface area contributed by atoms with Gasteiger partial charge in [0.25, 0.3) is 0 Å². The van der Waals surface area contributed by atoms with Gasteiger partial charge in [0.2, 0.25) is 0 Å². The maximum Gasteiger partial charge on any atom is 0.142 e. The van der Waals surface area contributed by atoms with Gasteiger partial charge >= 0.3 is 0 Å². The van der Waals surface area contributed by atoms with E-state index < -0.39 is 12.2 Å². The lowest BCUT2D eigenvalue weighted by atomic mass is 10.0. The molecule has 3 rings (SSSR count). The van der Waals surface area contributed by atoms with Crippen LogP contribution >= 0.6 is 0 Å². The van der Waals surface area contributed by atoms with Crippen LogP contribution in [0.15, 0.2) is 54.6 Å². The van der Waals surface area contributed by atoms with Gasteiger partial charge in [0.05, 0.1) is 11.0 Å². The number of aromatic nitrogens is 2. The van der Waals surface area contributed by atoms with Gasteiger partial charge in [-0.3, -0.25) is 0 Å². The third-order valence-corrected chi connectivity index (χ3v) is 3.53. The number of aliphatic hydroxyl groups excluding tert-OH is 2. The number of hydrogen-bond acceptors (Lipinski definition) is 3. The lowest BCUT2D eigenvalue weighted by Crippen LogP contribution is -2.14. The molecule has 0 bridgehead atoms. The van der Waals surface area contributed by atoms with Crippen LogP contribution in [0.3, 0.4) is 0 Å².